The Kier molecular flexibility index (Phi) is 8.68. The van der Waals surface area contributed by atoms with E-state index in [-0.39, 0.29) is 5.91 Å². The molecule has 0 aliphatic heterocycles. The molecule has 0 saturated heterocycles. The minimum Gasteiger partial charge on any atom is -0.359 e. The lowest BCUT2D eigenvalue weighted by molar-refractivity contribution is -0.128. The zero-order chi connectivity index (χ0) is 15.6. The van der Waals surface area contributed by atoms with Gasteiger partial charge in [-0.2, -0.15) is 0 Å². The van der Waals surface area contributed by atoms with Crippen molar-refractivity contribution in [1.82, 2.24) is 15.5 Å². The maximum Gasteiger partial charge on any atom is 0.227 e. The molecule has 0 spiro atoms. The van der Waals surface area contributed by atoms with Crippen molar-refractivity contribution < 1.29 is 4.79 Å². The number of carbonyl (C=O) groups is 1. The lowest BCUT2D eigenvalue weighted by Gasteiger charge is -2.25. The number of rotatable bonds is 8. The van der Waals surface area contributed by atoms with Crippen LogP contribution in [0.1, 0.15) is 33.6 Å². The van der Waals surface area contributed by atoms with Gasteiger partial charge in [-0.05, 0) is 33.6 Å². The maximum atomic E-state index is 11.8. The number of hydrogen-bond donors (Lipinski definition) is 2. The minimum absolute atomic E-state index is 0.00593. The second kappa shape index (κ2) is 9.39. The molecule has 0 aliphatic rings. The number of nitrogens with one attached hydrogen (secondary N) is 2. The summed E-state index contributed by atoms with van der Waals surface area (Å²) < 4.78 is 0. The lowest BCUT2D eigenvalue weighted by atomic mass is 9.93. The van der Waals surface area contributed by atoms with Crippen molar-refractivity contribution in [3.8, 4) is 0 Å². The van der Waals surface area contributed by atoms with E-state index < -0.39 is 5.41 Å². The summed E-state index contributed by atoms with van der Waals surface area (Å²) in [4.78, 5) is 18.4. The topological polar surface area (TPSA) is 56.7 Å². The normalized spacial score (nSPS) is 11.9. The molecule has 0 radical (unpaired) electrons. The van der Waals surface area contributed by atoms with Crippen LogP contribution < -0.4 is 10.6 Å². The number of carbonyl (C=O) groups excluding carboxylic acids is 1. The molecule has 0 heterocycles. The molecule has 0 aliphatic carbocycles. The zero-order valence-electron chi connectivity index (χ0n) is 13.6. The summed E-state index contributed by atoms with van der Waals surface area (Å²) in [5.41, 5.74) is -0.503. The highest BCUT2D eigenvalue weighted by Gasteiger charge is 2.26. The monoisotopic (exact) mass is 282 g/mol. The number of nitrogens with zero attached hydrogens (tertiary/aromatic N) is 2. The summed E-state index contributed by atoms with van der Waals surface area (Å²) in [7, 11) is 3.66. The van der Waals surface area contributed by atoms with Crippen molar-refractivity contribution in [3.63, 3.8) is 0 Å². The summed E-state index contributed by atoms with van der Waals surface area (Å²) in [5, 5.41) is 5.94. The first-order chi connectivity index (χ1) is 9.38. The largest absolute Gasteiger partial charge is 0.359 e. The Balaban J connectivity index is 4.67. The molecule has 5 nitrogen and oxygen atoms in total. The number of allylic oxidation sites excluding steroid dienone is 1. The second-order valence-electron chi connectivity index (χ2n) is 5.49. The highest BCUT2D eigenvalue weighted by Crippen LogP contribution is 2.15. The zero-order valence-corrected chi connectivity index (χ0v) is 13.6. The van der Waals surface area contributed by atoms with Gasteiger partial charge in [0.05, 0.1) is 12.0 Å². The summed E-state index contributed by atoms with van der Waals surface area (Å²) in [6, 6.07) is 0. The molecule has 0 unspecified atom stereocenters. The van der Waals surface area contributed by atoms with Crippen LogP contribution in [-0.2, 0) is 4.79 Å². The van der Waals surface area contributed by atoms with Gasteiger partial charge in [0.15, 0.2) is 5.96 Å². The van der Waals surface area contributed by atoms with E-state index in [1.54, 1.807) is 7.05 Å². The van der Waals surface area contributed by atoms with Crippen LogP contribution in [0.3, 0.4) is 0 Å². The van der Waals surface area contributed by atoms with E-state index in [1.807, 2.05) is 33.9 Å². The van der Waals surface area contributed by atoms with Crippen LogP contribution in [0.4, 0.5) is 0 Å². The highest BCUT2D eigenvalue weighted by molar-refractivity contribution is 5.83. The van der Waals surface area contributed by atoms with Crippen molar-refractivity contribution in [2.45, 2.75) is 33.6 Å². The Bertz CT molecular complexity index is 337. The molecule has 0 aromatic rings. The van der Waals surface area contributed by atoms with E-state index in [0.29, 0.717) is 6.54 Å². The van der Waals surface area contributed by atoms with Crippen molar-refractivity contribution in [2.24, 2.45) is 10.4 Å². The van der Waals surface area contributed by atoms with Gasteiger partial charge in [0.2, 0.25) is 5.91 Å². The predicted molar refractivity (Wildman–Crippen MR) is 85.9 cm³/mol. The fourth-order valence-corrected chi connectivity index (χ4v) is 1.73. The molecule has 0 rings (SSSR count). The fraction of sp³-hybridized carbons (Fsp3) is 0.733. The van der Waals surface area contributed by atoms with Gasteiger partial charge in [-0.25, -0.2) is 0 Å². The van der Waals surface area contributed by atoms with Gasteiger partial charge in [0.25, 0.3) is 0 Å². The van der Waals surface area contributed by atoms with Gasteiger partial charge in [-0.15, -0.1) is 6.58 Å². The fourth-order valence-electron chi connectivity index (χ4n) is 1.73. The van der Waals surface area contributed by atoms with Crippen LogP contribution in [0.2, 0.25) is 0 Å². The van der Waals surface area contributed by atoms with Crippen LogP contribution in [0.5, 0.6) is 0 Å². The highest BCUT2D eigenvalue weighted by atomic mass is 16.2. The summed E-state index contributed by atoms with van der Waals surface area (Å²) in [6.07, 6.45) is 3.96. The summed E-state index contributed by atoms with van der Waals surface area (Å²) in [5.74, 6) is 0.847. The Morgan fingerprint density at radius 2 is 2.10 bits per heavy atom. The number of guanidine groups is 1. The van der Waals surface area contributed by atoms with Gasteiger partial charge < -0.3 is 15.5 Å². The first-order valence-electron chi connectivity index (χ1n) is 7.21. The maximum absolute atomic E-state index is 11.8. The number of aliphatic imine (C=N–C) groups is 1. The molecule has 116 valence electrons. The summed E-state index contributed by atoms with van der Waals surface area (Å²) >= 11 is 0. The van der Waals surface area contributed by atoms with Gasteiger partial charge >= 0.3 is 0 Å². The Labute approximate surface area is 123 Å². The van der Waals surface area contributed by atoms with Gasteiger partial charge in [-0.1, -0.05) is 6.08 Å². The molecule has 20 heavy (non-hydrogen) atoms. The summed E-state index contributed by atoms with van der Waals surface area (Å²) in [6.45, 7) is 11.7. The van der Waals surface area contributed by atoms with Crippen molar-refractivity contribution in [1.29, 1.82) is 0 Å². The third kappa shape index (κ3) is 6.59. The van der Waals surface area contributed by atoms with Crippen molar-refractivity contribution >= 4 is 11.9 Å². The van der Waals surface area contributed by atoms with Crippen LogP contribution in [0, 0.1) is 5.41 Å². The van der Waals surface area contributed by atoms with Gasteiger partial charge in [0, 0.05) is 27.2 Å². The smallest absolute Gasteiger partial charge is 0.227 e. The van der Waals surface area contributed by atoms with E-state index in [2.05, 4.69) is 27.1 Å². The van der Waals surface area contributed by atoms with Crippen LogP contribution in [0.25, 0.3) is 0 Å². The molecule has 1 amide bonds. The van der Waals surface area contributed by atoms with Crippen molar-refractivity contribution in [2.75, 3.05) is 33.7 Å². The van der Waals surface area contributed by atoms with Gasteiger partial charge in [-0.3, -0.25) is 9.79 Å². The molecular weight excluding hydrogens is 252 g/mol. The Hall–Kier alpha value is -1.52. The van der Waals surface area contributed by atoms with E-state index in [1.165, 1.54) is 0 Å². The quantitative estimate of drug-likeness (QED) is 0.308. The average Bonchev–Trinajstić information content (AvgIpc) is 2.42. The van der Waals surface area contributed by atoms with Crippen LogP contribution in [-0.4, -0.2) is 50.5 Å². The standard InChI is InChI=1S/C15H30N4O/c1-7-9-10-11-19(6)14(17-8-2)18-12-15(3,4)13(20)16-5/h7H,1,8-12H2,2-6H3,(H,16,20)(H,17,18). The molecular formula is C15H30N4O. The third-order valence-electron chi connectivity index (χ3n) is 3.06. The Morgan fingerprint density at radius 3 is 2.60 bits per heavy atom. The molecule has 0 aromatic carbocycles. The SMILES string of the molecule is C=CCCCN(C)C(=NCC(C)(C)C(=O)NC)NCC. The second-order valence-corrected chi connectivity index (χ2v) is 5.49. The lowest BCUT2D eigenvalue weighted by Crippen LogP contribution is -2.42. The average molecular weight is 282 g/mol. The van der Waals surface area contributed by atoms with E-state index in [9.17, 15) is 4.79 Å². The predicted octanol–water partition coefficient (Wildman–Crippen LogP) is 1.62. The molecule has 0 fully saturated rings. The molecule has 0 bridgehead atoms. The van der Waals surface area contributed by atoms with Crippen LogP contribution >= 0.6 is 0 Å². The molecule has 2 N–H and O–H groups in total. The van der Waals surface area contributed by atoms with Gasteiger partial charge in [0.1, 0.15) is 0 Å². The molecule has 5 heteroatoms. The Morgan fingerprint density at radius 1 is 1.45 bits per heavy atom. The number of amides is 1. The van der Waals surface area contributed by atoms with E-state index in [0.717, 1.165) is 31.9 Å². The van der Waals surface area contributed by atoms with Crippen molar-refractivity contribution in [3.05, 3.63) is 12.7 Å². The first kappa shape index (κ1) is 18.5. The first-order valence-corrected chi connectivity index (χ1v) is 7.21. The number of unbranched alkanes of at least 4 members (excludes halogenated alkanes) is 1. The van der Waals surface area contributed by atoms with E-state index >= 15 is 0 Å². The minimum atomic E-state index is -0.503. The third-order valence-corrected chi connectivity index (χ3v) is 3.06. The molecule has 0 atom stereocenters. The molecule has 0 aromatic heterocycles. The number of hydrogen-bond acceptors (Lipinski definition) is 2. The van der Waals surface area contributed by atoms with Crippen LogP contribution in [0.15, 0.2) is 17.6 Å². The van der Waals surface area contributed by atoms with E-state index in [4.69, 9.17) is 0 Å². The molecule has 0 saturated carbocycles.